The van der Waals surface area contributed by atoms with Crippen LogP contribution in [-0.4, -0.2) is 11.3 Å². The average molecular weight is 280 g/mol. The minimum Gasteiger partial charge on any atom is -0.508 e. The molecule has 0 aliphatic carbocycles. The predicted molar refractivity (Wildman–Crippen MR) is 70.8 cm³/mol. The third-order valence-corrected chi connectivity index (χ3v) is 2.49. The summed E-state index contributed by atoms with van der Waals surface area (Å²) in [4.78, 5) is 0. The first-order valence-corrected chi connectivity index (χ1v) is 5.70. The number of rotatable bonds is 3. The van der Waals surface area contributed by atoms with E-state index >= 15 is 0 Å². The zero-order valence-corrected chi connectivity index (χ0v) is 10.2. The van der Waals surface area contributed by atoms with E-state index < -0.39 is 11.7 Å². The molecule has 2 aromatic carbocycles. The van der Waals surface area contributed by atoms with Crippen LogP contribution in [0.2, 0.25) is 0 Å². The minimum atomic E-state index is -4.38. The molecule has 2 aromatic rings. The summed E-state index contributed by atoms with van der Waals surface area (Å²) in [5.41, 5.74) is 2.75. The lowest BCUT2D eigenvalue weighted by Gasteiger charge is -2.07. The molecule has 0 atom stereocenters. The zero-order valence-electron chi connectivity index (χ0n) is 10.2. The molecule has 0 fully saturated rings. The number of halogens is 3. The number of aromatic hydroxyl groups is 1. The molecule has 0 heterocycles. The van der Waals surface area contributed by atoms with Crippen LogP contribution in [0, 0.1) is 0 Å². The first-order valence-electron chi connectivity index (χ1n) is 5.70. The fraction of sp³-hybridized carbons (Fsp3) is 0.0714. The largest absolute Gasteiger partial charge is 0.508 e. The van der Waals surface area contributed by atoms with Crippen LogP contribution in [0.5, 0.6) is 5.75 Å². The van der Waals surface area contributed by atoms with Crippen molar-refractivity contribution in [2.45, 2.75) is 6.18 Å². The second-order valence-corrected chi connectivity index (χ2v) is 4.04. The molecule has 0 bridgehead atoms. The summed E-state index contributed by atoms with van der Waals surface area (Å²) in [6.45, 7) is 0. The highest BCUT2D eigenvalue weighted by molar-refractivity contribution is 5.80. The second kappa shape index (κ2) is 5.64. The van der Waals surface area contributed by atoms with Gasteiger partial charge in [-0.2, -0.15) is 18.3 Å². The van der Waals surface area contributed by atoms with Crippen molar-refractivity contribution in [2.24, 2.45) is 5.10 Å². The van der Waals surface area contributed by atoms with E-state index in [9.17, 15) is 13.2 Å². The van der Waals surface area contributed by atoms with E-state index in [0.717, 1.165) is 12.1 Å². The van der Waals surface area contributed by atoms with Gasteiger partial charge in [-0.05, 0) is 48.0 Å². The quantitative estimate of drug-likeness (QED) is 0.662. The molecule has 2 N–H and O–H groups in total. The number of nitrogens with zero attached hydrogens (tertiary/aromatic N) is 1. The van der Waals surface area contributed by atoms with E-state index in [2.05, 4.69) is 10.5 Å². The lowest BCUT2D eigenvalue weighted by atomic mass is 10.2. The summed E-state index contributed by atoms with van der Waals surface area (Å²) in [7, 11) is 0. The van der Waals surface area contributed by atoms with Gasteiger partial charge in [-0.25, -0.2) is 0 Å². The Morgan fingerprint density at radius 2 is 1.75 bits per heavy atom. The van der Waals surface area contributed by atoms with E-state index in [4.69, 9.17) is 5.11 Å². The van der Waals surface area contributed by atoms with Crippen LogP contribution in [0.4, 0.5) is 18.9 Å². The van der Waals surface area contributed by atoms with Gasteiger partial charge in [0.1, 0.15) is 5.75 Å². The Hall–Kier alpha value is -2.50. The number of anilines is 1. The van der Waals surface area contributed by atoms with Gasteiger partial charge in [-0.15, -0.1) is 0 Å². The molecule has 20 heavy (non-hydrogen) atoms. The normalized spacial score (nSPS) is 11.8. The molecule has 0 amide bonds. The van der Waals surface area contributed by atoms with Crippen molar-refractivity contribution in [3.05, 3.63) is 59.7 Å². The molecule has 0 radical (unpaired) electrons. The number of hydrogen-bond acceptors (Lipinski definition) is 3. The molecule has 104 valence electrons. The van der Waals surface area contributed by atoms with Gasteiger partial charge in [0.2, 0.25) is 0 Å². The Morgan fingerprint density at radius 1 is 1.05 bits per heavy atom. The number of phenols is 1. The number of phenolic OH excluding ortho intramolecular Hbond substituents is 1. The maximum Gasteiger partial charge on any atom is 0.416 e. The van der Waals surface area contributed by atoms with Crippen molar-refractivity contribution >= 4 is 11.9 Å². The third-order valence-electron chi connectivity index (χ3n) is 2.49. The first kappa shape index (κ1) is 13.9. The second-order valence-electron chi connectivity index (χ2n) is 4.04. The van der Waals surface area contributed by atoms with E-state index in [1.807, 2.05) is 0 Å². The van der Waals surface area contributed by atoms with Gasteiger partial charge in [-0.3, -0.25) is 5.43 Å². The highest BCUT2D eigenvalue weighted by Crippen LogP contribution is 2.30. The fourth-order valence-corrected chi connectivity index (χ4v) is 1.51. The van der Waals surface area contributed by atoms with Crippen LogP contribution in [0.3, 0.4) is 0 Å². The van der Waals surface area contributed by atoms with Crippen LogP contribution in [0.25, 0.3) is 0 Å². The molecular formula is C14H11F3N2O. The first-order chi connectivity index (χ1) is 9.45. The summed E-state index contributed by atoms with van der Waals surface area (Å²) in [6, 6.07) is 11.0. The van der Waals surface area contributed by atoms with Crippen molar-refractivity contribution in [3.63, 3.8) is 0 Å². The lowest BCUT2D eigenvalue weighted by molar-refractivity contribution is -0.137. The molecule has 0 spiro atoms. The van der Waals surface area contributed by atoms with Crippen LogP contribution < -0.4 is 5.43 Å². The minimum absolute atomic E-state index is 0.132. The van der Waals surface area contributed by atoms with Gasteiger partial charge in [0.15, 0.2) is 0 Å². The van der Waals surface area contributed by atoms with Crippen molar-refractivity contribution in [1.29, 1.82) is 0 Å². The molecule has 0 aliphatic heterocycles. The summed E-state index contributed by atoms with van der Waals surface area (Å²) in [5.74, 6) is 0.132. The van der Waals surface area contributed by atoms with E-state index in [1.54, 1.807) is 12.1 Å². The maximum atomic E-state index is 12.5. The van der Waals surface area contributed by atoms with E-state index in [-0.39, 0.29) is 11.4 Å². The number of hydrazone groups is 1. The summed E-state index contributed by atoms with van der Waals surface area (Å²) in [6.07, 6.45) is -2.93. The van der Waals surface area contributed by atoms with Crippen LogP contribution >= 0.6 is 0 Å². The summed E-state index contributed by atoms with van der Waals surface area (Å²) in [5, 5.41) is 12.9. The Balaban J connectivity index is 2.05. The average Bonchev–Trinajstić information content (AvgIpc) is 2.40. The van der Waals surface area contributed by atoms with Crippen molar-refractivity contribution in [3.8, 4) is 5.75 Å². The fourth-order valence-electron chi connectivity index (χ4n) is 1.51. The molecule has 3 nitrogen and oxygen atoms in total. The molecular weight excluding hydrogens is 269 g/mol. The highest BCUT2D eigenvalue weighted by atomic mass is 19.4. The predicted octanol–water partition coefficient (Wildman–Crippen LogP) is 3.86. The van der Waals surface area contributed by atoms with Gasteiger partial charge in [0, 0.05) is 0 Å². The Kier molecular flexibility index (Phi) is 3.93. The highest BCUT2D eigenvalue weighted by Gasteiger charge is 2.30. The van der Waals surface area contributed by atoms with Gasteiger partial charge < -0.3 is 5.11 Å². The van der Waals surface area contributed by atoms with Gasteiger partial charge in [-0.1, -0.05) is 6.07 Å². The number of benzene rings is 2. The van der Waals surface area contributed by atoms with Crippen LogP contribution in [0.15, 0.2) is 53.6 Å². The summed E-state index contributed by atoms with van der Waals surface area (Å²) < 4.78 is 37.5. The maximum absolute atomic E-state index is 12.5. The standard InChI is InChI=1S/C14H11F3N2O/c15-14(16,17)11-2-1-3-12(8-11)19-18-9-10-4-6-13(20)7-5-10/h1-9,19-20H. The molecule has 0 aromatic heterocycles. The van der Waals surface area contributed by atoms with E-state index in [1.165, 1.54) is 30.5 Å². The monoisotopic (exact) mass is 280 g/mol. The van der Waals surface area contributed by atoms with Gasteiger partial charge in [0.25, 0.3) is 0 Å². The number of alkyl halides is 3. The molecule has 2 rings (SSSR count). The number of hydrogen-bond donors (Lipinski definition) is 2. The van der Waals surface area contributed by atoms with Gasteiger partial charge >= 0.3 is 6.18 Å². The van der Waals surface area contributed by atoms with Gasteiger partial charge in [0.05, 0.1) is 17.5 Å². The van der Waals surface area contributed by atoms with Crippen molar-refractivity contribution < 1.29 is 18.3 Å². The Morgan fingerprint density at radius 3 is 2.40 bits per heavy atom. The SMILES string of the molecule is Oc1ccc(C=NNc2cccc(C(F)(F)F)c2)cc1. The van der Waals surface area contributed by atoms with Crippen LogP contribution in [-0.2, 0) is 6.18 Å². The Bertz CT molecular complexity index is 607. The summed E-state index contributed by atoms with van der Waals surface area (Å²) >= 11 is 0. The smallest absolute Gasteiger partial charge is 0.416 e. The lowest BCUT2D eigenvalue weighted by Crippen LogP contribution is -2.05. The van der Waals surface area contributed by atoms with Crippen molar-refractivity contribution in [1.82, 2.24) is 0 Å². The number of nitrogens with one attached hydrogen (secondary N) is 1. The van der Waals surface area contributed by atoms with Crippen molar-refractivity contribution in [2.75, 3.05) is 5.43 Å². The molecule has 0 unspecified atom stereocenters. The molecule has 6 heteroatoms. The molecule has 0 aliphatic rings. The molecule has 0 saturated carbocycles. The third kappa shape index (κ3) is 3.74. The zero-order chi connectivity index (χ0) is 14.6. The van der Waals surface area contributed by atoms with Crippen LogP contribution in [0.1, 0.15) is 11.1 Å². The van der Waals surface area contributed by atoms with E-state index in [0.29, 0.717) is 5.56 Å². The topological polar surface area (TPSA) is 44.6 Å². The Labute approximate surface area is 113 Å². The molecule has 0 saturated heterocycles.